The summed E-state index contributed by atoms with van der Waals surface area (Å²) >= 11 is 1.87. The third kappa shape index (κ3) is 5.92. The van der Waals surface area contributed by atoms with Gasteiger partial charge in [0.25, 0.3) is 5.69 Å². The van der Waals surface area contributed by atoms with Gasteiger partial charge >= 0.3 is 0 Å². The van der Waals surface area contributed by atoms with E-state index in [1.54, 1.807) is 18.2 Å². The Morgan fingerprint density at radius 1 is 1.40 bits per heavy atom. The van der Waals surface area contributed by atoms with Crippen LogP contribution in [0.3, 0.4) is 0 Å². The quantitative estimate of drug-likeness (QED) is 0.400. The minimum atomic E-state index is -0.328. The predicted molar refractivity (Wildman–Crippen MR) is 86.4 cm³/mol. The first-order valence-corrected chi connectivity index (χ1v) is 8.55. The van der Waals surface area contributed by atoms with Crippen molar-refractivity contribution in [2.24, 2.45) is 0 Å². The molecule has 20 heavy (non-hydrogen) atoms. The molecule has 0 amide bonds. The average Bonchev–Trinajstić information content (AvgIpc) is 2.46. The average molecular weight is 296 g/mol. The van der Waals surface area contributed by atoms with Gasteiger partial charge in [-0.2, -0.15) is 11.8 Å². The molecule has 1 aromatic carbocycles. The van der Waals surface area contributed by atoms with Gasteiger partial charge in [-0.3, -0.25) is 10.1 Å². The number of thioether (sulfide) groups is 1. The number of nitrogens with zero attached hydrogens (tertiary/aromatic N) is 1. The van der Waals surface area contributed by atoms with Crippen molar-refractivity contribution in [3.05, 3.63) is 39.9 Å². The second-order valence-corrected chi connectivity index (χ2v) is 5.83. The van der Waals surface area contributed by atoms with Crippen LogP contribution in [0.1, 0.15) is 44.2 Å². The maximum absolute atomic E-state index is 10.8. The van der Waals surface area contributed by atoms with Gasteiger partial charge in [-0.05, 0) is 43.4 Å². The summed E-state index contributed by atoms with van der Waals surface area (Å²) in [6.45, 7) is 3.10. The Labute approximate surface area is 125 Å². The Morgan fingerprint density at radius 2 is 2.20 bits per heavy atom. The van der Waals surface area contributed by atoms with Gasteiger partial charge in [0.1, 0.15) is 0 Å². The smallest absolute Gasteiger partial charge is 0.269 e. The lowest BCUT2D eigenvalue weighted by atomic mass is 10.0. The lowest BCUT2D eigenvalue weighted by molar-refractivity contribution is -0.384. The molecule has 112 valence electrons. The van der Waals surface area contributed by atoms with Crippen molar-refractivity contribution >= 4 is 17.4 Å². The van der Waals surface area contributed by atoms with Crippen LogP contribution in [0.2, 0.25) is 0 Å². The Morgan fingerprint density at radius 3 is 2.85 bits per heavy atom. The summed E-state index contributed by atoms with van der Waals surface area (Å²) in [7, 11) is 0. The van der Waals surface area contributed by atoms with Gasteiger partial charge in [-0.25, -0.2) is 0 Å². The van der Waals surface area contributed by atoms with Crippen molar-refractivity contribution < 1.29 is 4.92 Å². The summed E-state index contributed by atoms with van der Waals surface area (Å²) in [5.41, 5.74) is 1.19. The van der Waals surface area contributed by atoms with Gasteiger partial charge in [-0.1, -0.05) is 25.5 Å². The van der Waals surface area contributed by atoms with Crippen LogP contribution in [-0.2, 0) is 0 Å². The van der Waals surface area contributed by atoms with E-state index in [4.69, 9.17) is 0 Å². The van der Waals surface area contributed by atoms with Crippen molar-refractivity contribution in [1.82, 2.24) is 5.32 Å². The van der Waals surface area contributed by atoms with E-state index >= 15 is 0 Å². The molecule has 0 fully saturated rings. The van der Waals surface area contributed by atoms with Crippen molar-refractivity contribution in [3.63, 3.8) is 0 Å². The maximum atomic E-state index is 10.8. The van der Waals surface area contributed by atoms with E-state index in [0.29, 0.717) is 0 Å². The fourth-order valence-corrected chi connectivity index (χ4v) is 2.67. The molecule has 1 N–H and O–H groups in total. The van der Waals surface area contributed by atoms with Gasteiger partial charge in [0, 0.05) is 18.2 Å². The van der Waals surface area contributed by atoms with Gasteiger partial charge in [0.15, 0.2) is 0 Å². The van der Waals surface area contributed by atoms with E-state index in [1.165, 1.54) is 12.2 Å². The molecule has 0 spiro atoms. The summed E-state index contributed by atoms with van der Waals surface area (Å²) in [5, 5.41) is 14.4. The molecule has 4 nitrogen and oxygen atoms in total. The first kappa shape index (κ1) is 17.0. The molecule has 1 atom stereocenters. The molecule has 0 saturated carbocycles. The number of rotatable bonds is 10. The van der Waals surface area contributed by atoms with E-state index in [1.807, 2.05) is 17.8 Å². The number of unbranched alkanes of at least 4 members (excludes halogenated alkanes) is 1. The Hall–Kier alpha value is -1.07. The van der Waals surface area contributed by atoms with Crippen LogP contribution in [0.4, 0.5) is 5.69 Å². The van der Waals surface area contributed by atoms with Crippen LogP contribution < -0.4 is 5.32 Å². The first-order valence-electron chi connectivity index (χ1n) is 7.15. The molecule has 0 heterocycles. The lowest BCUT2D eigenvalue weighted by Crippen LogP contribution is -2.22. The molecule has 5 heteroatoms. The molecule has 0 aliphatic carbocycles. The van der Waals surface area contributed by atoms with Gasteiger partial charge in [0.2, 0.25) is 0 Å². The van der Waals surface area contributed by atoms with E-state index < -0.39 is 0 Å². The predicted octanol–water partition coefficient (Wildman–Crippen LogP) is 4.17. The second kappa shape index (κ2) is 9.77. The number of nitro benzene ring substituents is 1. The minimum absolute atomic E-state index is 0.174. The SMILES string of the molecule is CCCC(NCCCCSC)c1cccc([N+](=O)[O-])c1. The minimum Gasteiger partial charge on any atom is -0.310 e. The van der Waals surface area contributed by atoms with Gasteiger partial charge in [0.05, 0.1) is 4.92 Å². The third-order valence-corrected chi connectivity index (χ3v) is 3.92. The number of hydrogen-bond donors (Lipinski definition) is 1. The van der Waals surface area contributed by atoms with E-state index in [2.05, 4.69) is 18.5 Å². The highest BCUT2D eigenvalue weighted by Gasteiger charge is 2.13. The fourth-order valence-electron chi connectivity index (χ4n) is 2.18. The molecular formula is C15H24N2O2S. The van der Waals surface area contributed by atoms with Crippen molar-refractivity contribution in [3.8, 4) is 0 Å². The normalized spacial score (nSPS) is 12.3. The highest BCUT2D eigenvalue weighted by molar-refractivity contribution is 7.98. The number of nitro groups is 1. The molecule has 0 aliphatic heterocycles. The molecule has 0 aliphatic rings. The molecule has 1 rings (SSSR count). The van der Waals surface area contributed by atoms with E-state index in [-0.39, 0.29) is 16.7 Å². The fraction of sp³-hybridized carbons (Fsp3) is 0.600. The number of non-ortho nitro benzene ring substituents is 1. The number of nitrogens with one attached hydrogen (secondary N) is 1. The molecular weight excluding hydrogens is 272 g/mol. The summed E-state index contributed by atoms with van der Waals surface area (Å²) < 4.78 is 0. The highest BCUT2D eigenvalue weighted by atomic mass is 32.2. The Kier molecular flexibility index (Phi) is 8.30. The van der Waals surface area contributed by atoms with Crippen LogP contribution in [0.25, 0.3) is 0 Å². The molecule has 1 aromatic rings. The zero-order valence-electron chi connectivity index (χ0n) is 12.3. The summed E-state index contributed by atoms with van der Waals surface area (Å²) in [5.74, 6) is 1.19. The Balaban J connectivity index is 2.60. The zero-order chi connectivity index (χ0) is 14.8. The molecule has 0 saturated heterocycles. The summed E-state index contributed by atoms with van der Waals surface area (Å²) in [4.78, 5) is 10.5. The zero-order valence-corrected chi connectivity index (χ0v) is 13.1. The van der Waals surface area contributed by atoms with Crippen LogP contribution in [0.15, 0.2) is 24.3 Å². The molecule has 1 unspecified atom stereocenters. The number of hydrogen-bond acceptors (Lipinski definition) is 4. The monoisotopic (exact) mass is 296 g/mol. The lowest BCUT2D eigenvalue weighted by Gasteiger charge is -2.18. The molecule has 0 aromatic heterocycles. The van der Waals surface area contributed by atoms with Crippen LogP contribution in [0.5, 0.6) is 0 Å². The van der Waals surface area contributed by atoms with E-state index in [0.717, 1.165) is 31.4 Å². The summed E-state index contributed by atoms with van der Waals surface area (Å²) in [6, 6.07) is 7.20. The topological polar surface area (TPSA) is 55.2 Å². The standard InChI is InChI=1S/C15H24N2O2S/c1-3-7-15(16-10-4-5-11-20-2)13-8-6-9-14(12-13)17(18)19/h6,8-9,12,15-16H,3-5,7,10-11H2,1-2H3. The molecule has 0 radical (unpaired) electrons. The van der Waals surface area contributed by atoms with Gasteiger partial charge < -0.3 is 5.32 Å². The summed E-state index contributed by atoms with van der Waals surface area (Å²) in [6.07, 6.45) is 6.54. The van der Waals surface area contributed by atoms with Crippen molar-refractivity contribution in [2.75, 3.05) is 18.6 Å². The van der Waals surface area contributed by atoms with Crippen molar-refractivity contribution in [2.45, 2.75) is 38.6 Å². The van der Waals surface area contributed by atoms with Crippen LogP contribution in [0, 0.1) is 10.1 Å². The number of benzene rings is 1. The molecule has 0 bridgehead atoms. The Bertz CT molecular complexity index is 413. The van der Waals surface area contributed by atoms with Crippen LogP contribution >= 0.6 is 11.8 Å². The van der Waals surface area contributed by atoms with Gasteiger partial charge in [-0.15, -0.1) is 0 Å². The second-order valence-electron chi connectivity index (χ2n) is 4.85. The third-order valence-electron chi connectivity index (χ3n) is 3.23. The highest BCUT2D eigenvalue weighted by Crippen LogP contribution is 2.22. The largest absolute Gasteiger partial charge is 0.310 e. The van der Waals surface area contributed by atoms with E-state index in [9.17, 15) is 10.1 Å². The first-order chi connectivity index (χ1) is 9.69. The maximum Gasteiger partial charge on any atom is 0.269 e. The van der Waals surface area contributed by atoms with Crippen molar-refractivity contribution in [1.29, 1.82) is 0 Å². The van der Waals surface area contributed by atoms with Crippen LogP contribution in [-0.4, -0.2) is 23.5 Å².